The first-order valence-corrected chi connectivity index (χ1v) is 4.38. The van der Waals surface area contributed by atoms with Crippen LogP contribution in [0.2, 0.25) is 0 Å². The first kappa shape index (κ1) is 8.51. The van der Waals surface area contributed by atoms with Crippen LogP contribution in [0.1, 0.15) is 39.5 Å². The minimum Gasteiger partial charge on any atom is -0.300 e. The van der Waals surface area contributed by atoms with Crippen LogP contribution in [0.3, 0.4) is 0 Å². The summed E-state index contributed by atoms with van der Waals surface area (Å²) in [5.41, 5.74) is 1.36. The van der Waals surface area contributed by atoms with Crippen LogP contribution in [0.5, 0.6) is 0 Å². The van der Waals surface area contributed by atoms with E-state index in [0.717, 1.165) is 0 Å². The smallest absolute Gasteiger partial charge is 0.133 e. The molecule has 0 bridgehead atoms. The summed E-state index contributed by atoms with van der Waals surface area (Å²) in [6.07, 6.45) is 6.66. The molecule has 1 nitrogen and oxygen atoms in total. The fourth-order valence-electron chi connectivity index (χ4n) is 1.63. The van der Waals surface area contributed by atoms with Crippen LogP contribution in [-0.4, -0.2) is 5.78 Å². The highest BCUT2D eigenvalue weighted by molar-refractivity contribution is 5.78. The van der Waals surface area contributed by atoms with E-state index < -0.39 is 0 Å². The van der Waals surface area contributed by atoms with Gasteiger partial charge in [0.05, 0.1) is 0 Å². The van der Waals surface area contributed by atoms with Crippen LogP contribution >= 0.6 is 0 Å². The Kier molecular flexibility index (Phi) is 2.86. The van der Waals surface area contributed by atoms with Gasteiger partial charge in [-0.1, -0.05) is 18.6 Å². The lowest BCUT2D eigenvalue weighted by molar-refractivity contribution is -0.116. The van der Waals surface area contributed by atoms with Gasteiger partial charge in [-0.15, -0.1) is 0 Å². The Hall–Kier alpha value is -0.590. The summed E-state index contributed by atoms with van der Waals surface area (Å²) in [4.78, 5) is 10.8. The van der Waals surface area contributed by atoms with Gasteiger partial charge in [0.1, 0.15) is 5.78 Å². The fourth-order valence-corrected chi connectivity index (χ4v) is 1.63. The fraction of sp³-hybridized carbons (Fsp3) is 0.700. The molecule has 1 atom stereocenters. The van der Waals surface area contributed by atoms with Crippen molar-refractivity contribution in [2.75, 3.05) is 0 Å². The summed E-state index contributed by atoms with van der Waals surface area (Å²) < 4.78 is 0. The Morgan fingerprint density at radius 2 is 2.45 bits per heavy atom. The van der Waals surface area contributed by atoms with Gasteiger partial charge in [0.25, 0.3) is 0 Å². The highest BCUT2D eigenvalue weighted by Crippen LogP contribution is 2.26. The molecule has 1 aliphatic carbocycles. The van der Waals surface area contributed by atoms with Gasteiger partial charge in [-0.05, 0) is 32.1 Å². The summed E-state index contributed by atoms with van der Waals surface area (Å²) in [5, 5.41) is 0. The van der Waals surface area contributed by atoms with E-state index in [4.69, 9.17) is 0 Å². The van der Waals surface area contributed by atoms with Gasteiger partial charge in [-0.25, -0.2) is 0 Å². The van der Waals surface area contributed by atoms with Gasteiger partial charge in [0.2, 0.25) is 0 Å². The lowest BCUT2D eigenvalue weighted by Gasteiger charge is -2.19. The van der Waals surface area contributed by atoms with Gasteiger partial charge >= 0.3 is 0 Å². The van der Waals surface area contributed by atoms with Crippen LogP contribution in [0.4, 0.5) is 0 Å². The molecule has 0 amide bonds. The Labute approximate surface area is 68.5 Å². The monoisotopic (exact) mass is 152 g/mol. The van der Waals surface area contributed by atoms with Crippen LogP contribution in [0.25, 0.3) is 0 Å². The standard InChI is InChI=1S/C10H16O/c1-8-5-3-4-6-10(8)7-9(2)11/h6,8H,3-5,7H2,1-2H3. The lowest BCUT2D eigenvalue weighted by atomic mass is 9.87. The van der Waals surface area contributed by atoms with Crippen molar-refractivity contribution in [3.05, 3.63) is 11.6 Å². The molecule has 0 saturated carbocycles. The molecule has 11 heavy (non-hydrogen) atoms. The molecule has 0 aromatic carbocycles. The van der Waals surface area contributed by atoms with E-state index in [1.807, 2.05) is 0 Å². The predicted octanol–water partition coefficient (Wildman–Crippen LogP) is 2.71. The molecule has 1 aliphatic rings. The maximum absolute atomic E-state index is 10.8. The number of carbonyl (C=O) groups excluding carboxylic acids is 1. The Bertz CT molecular complexity index is 179. The molecule has 0 radical (unpaired) electrons. The van der Waals surface area contributed by atoms with Crippen molar-refractivity contribution in [1.29, 1.82) is 0 Å². The van der Waals surface area contributed by atoms with Crippen LogP contribution in [0, 0.1) is 5.92 Å². The Morgan fingerprint density at radius 1 is 1.73 bits per heavy atom. The second kappa shape index (κ2) is 3.70. The average Bonchev–Trinajstić information content (AvgIpc) is 1.93. The second-order valence-electron chi connectivity index (χ2n) is 3.49. The van der Waals surface area contributed by atoms with E-state index in [0.29, 0.717) is 18.1 Å². The zero-order valence-electron chi connectivity index (χ0n) is 7.39. The zero-order valence-corrected chi connectivity index (χ0v) is 7.39. The minimum atomic E-state index is 0.296. The highest BCUT2D eigenvalue weighted by atomic mass is 16.1. The van der Waals surface area contributed by atoms with E-state index in [2.05, 4.69) is 13.0 Å². The van der Waals surface area contributed by atoms with Crippen molar-refractivity contribution in [2.45, 2.75) is 39.5 Å². The van der Waals surface area contributed by atoms with Crippen LogP contribution in [-0.2, 0) is 4.79 Å². The number of hydrogen-bond acceptors (Lipinski definition) is 1. The van der Waals surface area contributed by atoms with Gasteiger partial charge in [-0.2, -0.15) is 0 Å². The van der Waals surface area contributed by atoms with Crippen molar-refractivity contribution in [2.24, 2.45) is 5.92 Å². The van der Waals surface area contributed by atoms with Crippen molar-refractivity contribution >= 4 is 5.78 Å². The van der Waals surface area contributed by atoms with E-state index in [1.165, 1.54) is 24.8 Å². The third kappa shape index (κ3) is 2.49. The molecule has 0 aromatic heterocycles. The average molecular weight is 152 g/mol. The normalized spacial score (nSPS) is 24.5. The zero-order chi connectivity index (χ0) is 8.27. The molecular weight excluding hydrogens is 136 g/mol. The van der Waals surface area contributed by atoms with Gasteiger partial charge in [0, 0.05) is 6.42 Å². The molecule has 1 rings (SSSR count). The largest absolute Gasteiger partial charge is 0.300 e. The molecule has 62 valence electrons. The summed E-state index contributed by atoms with van der Waals surface area (Å²) in [7, 11) is 0. The predicted molar refractivity (Wildman–Crippen MR) is 46.4 cm³/mol. The maximum atomic E-state index is 10.8. The van der Waals surface area contributed by atoms with Crippen molar-refractivity contribution < 1.29 is 4.79 Å². The molecule has 0 N–H and O–H groups in total. The van der Waals surface area contributed by atoms with Crippen molar-refractivity contribution in [1.82, 2.24) is 0 Å². The van der Waals surface area contributed by atoms with Crippen molar-refractivity contribution in [3.8, 4) is 0 Å². The topological polar surface area (TPSA) is 17.1 Å². The van der Waals surface area contributed by atoms with E-state index in [1.54, 1.807) is 6.92 Å². The number of Topliss-reactive ketones (excluding diaryl/α,β-unsaturated/α-hetero) is 1. The quantitative estimate of drug-likeness (QED) is 0.556. The maximum Gasteiger partial charge on any atom is 0.133 e. The molecule has 0 aromatic rings. The van der Waals surface area contributed by atoms with E-state index in [-0.39, 0.29) is 0 Å². The number of carbonyl (C=O) groups is 1. The molecule has 0 heterocycles. The van der Waals surface area contributed by atoms with Crippen molar-refractivity contribution in [3.63, 3.8) is 0 Å². The third-order valence-electron chi connectivity index (χ3n) is 2.33. The van der Waals surface area contributed by atoms with E-state index >= 15 is 0 Å². The third-order valence-corrected chi connectivity index (χ3v) is 2.33. The summed E-state index contributed by atoms with van der Waals surface area (Å²) >= 11 is 0. The lowest BCUT2D eigenvalue weighted by Crippen LogP contribution is -2.07. The SMILES string of the molecule is CC(=O)CC1=CCCCC1C. The van der Waals surface area contributed by atoms with Crippen LogP contribution < -0.4 is 0 Å². The Morgan fingerprint density at radius 3 is 3.00 bits per heavy atom. The number of allylic oxidation sites excluding steroid dienone is 2. The van der Waals surface area contributed by atoms with Gasteiger partial charge in [0.15, 0.2) is 0 Å². The highest BCUT2D eigenvalue weighted by Gasteiger charge is 2.13. The molecular formula is C10H16O. The molecule has 1 unspecified atom stereocenters. The number of hydrogen-bond donors (Lipinski definition) is 0. The number of rotatable bonds is 2. The molecule has 1 heteroatoms. The summed E-state index contributed by atoms with van der Waals surface area (Å²) in [6.45, 7) is 3.89. The minimum absolute atomic E-state index is 0.296. The first-order valence-electron chi connectivity index (χ1n) is 4.38. The van der Waals surface area contributed by atoms with Gasteiger partial charge < -0.3 is 0 Å². The number of ketones is 1. The molecule has 0 saturated heterocycles. The summed E-state index contributed by atoms with van der Waals surface area (Å²) in [5.74, 6) is 0.942. The van der Waals surface area contributed by atoms with E-state index in [9.17, 15) is 4.79 Å². The molecule has 0 fully saturated rings. The Balaban J connectivity index is 2.53. The van der Waals surface area contributed by atoms with Crippen LogP contribution in [0.15, 0.2) is 11.6 Å². The second-order valence-corrected chi connectivity index (χ2v) is 3.49. The van der Waals surface area contributed by atoms with Gasteiger partial charge in [-0.3, -0.25) is 4.79 Å². The summed E-state index contributed by atoms with van der Waals surface area (Å²) in [6, 6.07) is 0. The first-order chi connectivity index (χ1) is 5.20. The molecule has 0 aliphatic heterocycles. The molecule has 0 spiro atoms.